The minimum Gasteiger partial charge on any atom is -0.480 e. The third-order valence-corrected chi connectivity index (χ3v) is 4.47. The van der Waals surface area contributed by atoms with Gasteiger partial charge in [0.25, 0.3) is 10.0 Å². The normalized spacial score (nSPS) is 13.5. The summed E-state index contributed by atoms with van der Waals surface area (Å²) in [6.45, 7) is 0. The van der Waals surface area contributed by atoms with Crippen molar-refractivity contribution >= 4 is 21.6 Å². The van der Waals surface area contributed by atoms with Crippen LogP contribution in [0.25, 0.3) is 0 Å². The first-order chi connectivity index (χ1) is 11.1. The molecule has 1 heterocycles. The van der Waals surface area contributed by atoms with Crippen molar-refractivity contribution in [2.45, 2.75) is 17.2 Å². The van der Waals surface area contributed by atoms with E-state index in [1.165, 1.54) is 25.3 Å². The Balaban J connectivity index is 2.35. The summed E-state index contributed by atoms with van der Waals surface area (Å²) in [7, 11) is -3.27. The van der Waals surface area contributed by atoms with Crippen molar-refractivity contribution < 1.29 is 26.3 Å². The number of alkyl halides is 3. The number of benzene rings is 1. The summed E-state index contributed by atoms with van der Waals surface area (Å²) in [5.41, 5.74) is -0.308. The summed E-state index contributed by atoms with van der Waals surface area (Å²) in [6, 6.07) is 4.35. The molecule has 0 radical (unpaired) electrons. The van der Waals surface area contributed by atoms with Crippen LogP contribution in [-0.2, 0) is 10.0 Å². The van der Waals surface area contributed by atoms with Gasteiger partial charge in [-0.2, -0.15) is 17.9 Å². The number of rotatable bonds is 5. The first-order valence-electron chi connectivity index (χ1n) is 6.36. The summed E-state index contributed by atoms with van der Waals surface area (Å²) in [5, 5.41) is 6.34. The fourth-order valence-corrected chi connectivity index (χ4v) is 2.98. The highest BCUT2D eigenvalue weighted by Crippen LogP contribution is 2.34. The number of nitrogens with one attached hydrogen (secondary N) is 1. The molecule has 0 fully saturated rings. The smallest absolute Gasteiger partial charge is 0.408 e. The first kappa shape index (κ1) is 18.4. The predicted molar refractivity (Wildman–Crippen MR) is 79.2 cm³/mol. The predicted octanol–water partition coefficient (Wildman–Crippen LogP) is 2.72. The van der Waals surface area contributed by atoms with Gasteiger partial charge in [0.15, 0.2) is 5.03 Å². The minimum absolute atomic E-state index is 0.0269. The molecule has 0 aliphatic heterocycles. The van der Waals surface area contributed by atoms with Crippen LogP contribution in [0.1, 0.15) is 11.6 Å². The summed E-state index contributed by atoms with van der Waals surface area (Å²) in [6.07, 6.45) is -4.86. The van der Waals surface area contributed by atoms with E-state index in [0.717, 1.165) is 18.2 Å². The van der Waals surface area contributed by atoms with Gasteiger partial charge in [-0.1, -0.05) is 23.7 Å². The fraction of sp³-hybridized carbons (Fsp3) is 0.231. The van der Waals surface area contributed by atoms with Gasteiger partial charge in [0.05, 0.1) is 7.11 Å². The SMILES string of the molecule is COc1ccc(S(=O)(=O)NC(c2ccc(Cl)cc2)C(F)(F)F)nn1. The van der Waals surface area contributed by atoms with Crippen LogP contribution in [0.3, 0.4) is 0 Å². The van der Waals surface area contributed by atoms with Crippen molar-refractivity contribution in [1.82, 2.24) is 14.9 Å². The molecule has 130 valence electrons. The van der Waals surface area contributed by atoms with E-state index in [9.17, 15) is 21.6 Å². The number of ether oxygens (including phenoxy) is 1. The van der Waals surface area contributed by atoms with E-state index < -0.39 is 27.3 Å². The number of aromatic nitrogens is 2. The molecule has 1 aromatic carbocycles. The molecule has 1 atom stereocenters. The van der Waals surface area contributed by atoms with Gasteiger partial charge in [-0.05, 0) is 23.8 Å². The molecule has 0 saturated heterocycles. The van der Waals surface area contributed by atoms with E-state index in [0.29, 0.717) is 0 Å². The summed E-state index contributed by atoms with van der Waals surface area (Å²) in [5.74, 6) is 0.0269. The molecule has 24 heavy (non-hydrogen) atoms. The van der Waals surface area contributed by atoms with Gasteiger partial charge < -0.3 is 4.74 Å². The van der Waals surface area contributed by atoms with Crippen molar-refractivity contribution in [1.29, 1.82) is 0 Å². The zero-order chi connectivity index (χ0) is 18.0. The van der Waals surface area contributed by atoms with Gasteiger partial charge in [0.1, 0.15) is 6.04 Å². The van der Waals surface area contributed by atoms with Gasteiger partial charge in [-0.3, -0.25) is 0 Å². The number of methoxy groups -OCH3 is 1. The van der Waals surface area contributed by atoms with E-state index in [1.54, 1.807) is 4.72 Å². The van der Waals surface area contributed by atoms with Crippen molar-refractivity contribution in [2.24, 2.45) is 0 Å². The van der Waals surface area contributed by atoms with Crippen molar-refractivity contribution in [3.63, 3.8) is 0 Å². The second-order valence-electron chi connectivity index (χ2n) is 4.56. The maximum Gasteiger partial charge on any atom is 0.408 e. The quantitative estimate of drug-likeness (QED) is 0.861. The summed E-state index contributed by atoms with van der Waals surface area (Å²) in [4.78, 5) is 0. The largest absolute Gasteiger partial charge is 0.480 e. The molecule has 1 aromatic heterocycles. The van der Waals surface area contributed by atoms with Gasteiger partial charge in [-0.25, -0.2) is 8.42 Å². The Hall–Kier alpha value is -1.91. The van der Waals surface area contributed by atoms with E-state index in [-0.39, 0.29) is 16.5 Å². The Morgan fingerprint density at radius 2 is 1.75 bits per heavy atom. The Morgan fingerprint density at radius 1 is 1.12 bits per heavy atom. The molecule has 0 amide bonds. The second kappa shape index (κ2) is 6.91. The zero-order valence-electron chi connectivity index (χ0n) is 12.1. The Morgan fingerprint density at radius 3 is 2.21 bits per heavy atom. The average molecular weight is 382 g/mol. The highest BCUT2D eigenvalue weighted by Gasteiger charge is 2.43. The van der Waals surface area contributed by atoms with Crippen molar-refractivity contribution in [3.05, 3.63) is 47.0 Å². The third kappa shape index (κ3) is 4.34. The van der Waals surface area contributed by atoms with Crippen LogP contribution in [0.4, 0.5) is 13.2 Å². The van der Waals surface area contributed by atoms with E-state index >= 15 is 0 Å². The Bertz CT molecular complexity index is 796. The average Bonchev–Trinajstić information content (AvgIpc) is 2.53. The number of sulfonamides is 1. The van der Waals surface area contributed by atoms with E-state index in [1.807, 2.05) is 0 Å². The number of hydrogen-bond donors (Lipinski definition) is 1. The van der Waals surface area contributed by atoms with Crippen LogP contribution in [0.15, 0.2) is 41.4 Å². The van der Waals surface area contributed by atoms with Crippen molar-refractivity contribution in [2.75, 3.05) is 7.11 Å². The summed E-state index contributed by atoms with van der Waals surface area (Å²) >= 11 is 5.64. The third-order valence-electron chi connectivity index (χ3n) is 2.90. The van der Waals surface area contributed by atoms with Gasteiger partial charge in [0, 0.05) is 11.1 Å². The first-order valence-corrected chi connectivity index (χ1v) is 8.22. The van der Waals surface area contributed by atoms with E-state index in [4.69, 9.17) is 16.3 Å². The zero-order valence-corrected chi connectivity index (χ0v) is 13.7. The molecular weight excluding hydrogens is 371 g/mol. The molecule has 11 heteroatoms. The molecule has 0 aliphatic rings. The number of hydrogen-bond acceptors (Lipinski definition) is 5. The van der Waals surface area contributed by atoms with Gasteiger partial charge >= 0.3 is 6.18 Å². The van der Waals surface area contributed by atoms with Crippen LogP contribution in [0, 0.1) is 0 Å². The minimum atomic E-state index is -4.86. The van der Waals surface area contributed by atoms with Crippen LogP contribution >= 0.6 is 11.6 Å². The highest BCUT2D eigenvalue weighted by molar-refractivity contribution is 7.89. The number of halogens is 4. The molecule has 0 saturated carbocycles. The standard InChI is InChI=1S/C13H11ClF3N3O3S/c1-23-10-6-7-11(19-18-10)24(21,22)20-12(13(15,16)17)8-2-4-9(14)5-3-8/h2-7,12,20H,1H3. The maximum absolute atomic E-state index is 13.3. The van der Waals surface area contributed by atoms with Gasteiger partial charge in [0.2, 0.25) is 5.88 Å². The number of nitrogens with zero attached hydrogens (tertiary/aromatic N) is 2. The van der Waals surface area contributed by atoms with Crippen LogP contribution in [0.2, 0.25) is 5.02 Å². The van der Waals surface area contributed by atoms with Gasteiger partial charge in [-0.15, -0.1) is 10.2 Å². The Labute approximate surface area is 140 Å². The maximum atomic E-state index is 13.3. The van der Waals surface area contributed by atoms with Crippen molar-refractivity contribution in [3.8, 4) is 5.88 Å². The molecule has 0 bridgehead atoms. The monoisotopic (exact) mass is 381 g/mol. The molecule has 0 spiro atoms. The molecule has 2 rings (SSSR count). The molecular formula is C13H11ClF3N3O3S. The van der Waals surface area contributed by atoms with Crippen LogP contribution in [0.5, 0.6) is 5.88 Å². The lowest BCUT2D eigenvalue weighted by molar-refractivity contribution is -0.153. The summed E-state index contributed by atoms with van der Waals surface area (Å²) < 4.78 is 70.4. The second-order valence-corrected chi connectivity index (χ2v) is 6.66. The highest BCUT2D eigenvalue weighted by atomic mass is 35.5. The van der Waals surface area contributed by atoms with Crippen LogP contribution in [-0.4, -0.2) is 31.9 Å². The molecule has 2 aromatic rings. The molecule has 1 N–H and O–H groups in total. The molecule has 1 unspecified atom stereocenters. The Kier molecular flexibility index (Phi) is 5.31. The van der Waals surface area contributed by atoms with E-state index in [2.05, 4.69) is 10.2 Å². The molecule has 0 aliphatic carbocycles. The van der Waals surface area contributed by atoms with Crippen LogP contribution < -0.4 is 9.46 Å². The lowest BCUT2D eigenvalue weighted by Crippen LogP contribution is -2.38. The topological polar surface area (TPSA) is 81.2 Å². The lowest BCUT2D eigenvalue weighted by Gasteiger charge is -2.21. The molecule has 6 nitrogen and oxygen atoms in total. The fourth-order valence-electron chi connectivity index (χ4n) is 1.75. The lowest BCUT2D eigenvalue weighted by atomic mass is 10.1.